The second-order valence-corrected chi connectivity index (χ2v) is 5.12. The lowest BCUT2D eigenvalue weighted by molar-refractivity contribution is 0.0353. The molecule has 0 aromatic heterocycles. The molecule has 2 aromatic rings. The quantitative estimate of drug-likeness (QED) is 0.916. The highest BCUT2D eigenvalue weighted by Gasteiger charge is 2.18. The Bertz CT molecular complexity index is 555. The zero-order chi connectivity index (χ0) is 13.1. The molecule has 0 spiro atoms. The van der Waals surface area contributed by atoms with Gasteiger partial charge in [-0.25, -0.2) is 0 Å². The van der Waals surface area contributed by atoms with Crippen LogP contribution in [-0.4, -0.2) is 31.9 Å². The fourth-order valence-corrected chi connectivity index (χ4v) is 2.44. The molecule has 19 heavy (non-hydrogen) atoms. The first kappa shape index (κ1) is 12.5. The maximum atomic E-state index is 5.86. The van der Waals surface area contributed by atoms with Gasteiger partial charge in [0.1, 0.15) is 12.4 Å². The topological polar surface area (TPSA) is 30.5 Å². The molecule has 1 N–H and O–H groups in total. The Morgan fingerprint density at radius 3 is 2.84 bits per heavy atom. The highest BCUT2D eigenvalue weighted by Crippen LogP contribution is 2.20. The van der Waals surface area contributed by atoms with E-state index in [0.717, 1.165) is 19.0 Å². The molecular weight excluding hydrogens is 238 g/mol. The van der Waals surface area contributed by atoms with E-state index in [2.05, 4.69) is 36.5 Å². The first-order chi connectivity index (χ1) is 9.31. The lowest BCUT2D eigenvalue weighted by Gasteiger charge is -2.28. The molecule has 1 heterocycles. The van der Waals surface area contributed by atoms with Crippen molar-refractivity contribution in [1.29, 1.82) is 0 Å². The van der Waals surface area contributed by atoms with Crippen molar-refractivity contribution in [3.63, 3.8) is 0 Å². The van der Waals surface area contributed by atoms with Gasteiger partial charge in [-0.05, 0) is 29.8 Å². The molecule has 3 heteroatoms. The Morgan fingerprint density at radius 2 is 2.00 bits per heavy atom. The van der Waals surface area contributed by atoms with Crippen molar-refractivity contribution in [2.45, 2.75) is 19.0 Å². The van der Waals surface area contributed by atoms with Crippen LogP contribution in [0.3, 0.4) is 0 Å². The van der Waals surface area contributed by atoms with Crippen molar-refractivity contribution in [2.24, 2.45) is 0 Å². The van der Waals surface area contributed by atoms with Crippen LogP contribution in [0.2, 0.25) is 0 Å². The van der Waals surface area contributed by atoms with E-state index in [-0.39, 0.29) is 6.04 Å². The number of hydrogen-bond donors (Lipinski definition) is 1. The molecule has 100 valence electrons. The number of hydrogen-bond acceptors (Lipinski definition) is 3. The van der Waals surface area contributed by atoms with E-state index in [1.165, 1.54) is 10.8 Å². The normalized spacial score (nSPS) is 23.4. The van der Waals surface area contributed by atoms with E-state index in [1.807, 2.05) is 18.2 Å². The Labute approximate surface area is 113 Å². The molecule has 0 radical (unpaired) electrons. The first-order valence-corrected chi connectivity index (χ1v) is 6.76. The Hall–Kier alpha value is -1.58. The molecule has 1 aliphatic rings. The van der Waals surface area contributed by atoms with E-state index >= 15 is 0 Å². The van der Waals surface area contributed by atoms with Crippen molar-refractivity contribution < 1.29 is 9.47 Å². The number of nitrogens with one attached hydrogen (secondary N) is 1. The van der Waals surface area contributed by atoms with E-state index < -0.39 is 0 Å². The average molecular weight is 257 g/mol. The molecule has 3 nitrogen and oxygen atoms in total. The molecule has 0 aliphatic carbocycles. The average Bonchev–Trinajstić information content (AvgIpc) is 2.45. The summed E-state index contributed by atoms with van der Waals surface area (Å²) in [5.41, 5.74) is 0. The molecule has 1 aliphatic heterocycles. The van der Waals surface area contributed by atoms with Crippen molar-refractivity contribution >= 4 is 10.8 Å². The maximum absolute atomic E-state index is 5.86. The van der Waals surface area contributed by atoms with Crippen molar-refractivity contribution in [3.05, 3.63) is 42.5 Å². The number of fused-ring (bicyclic) bond motifs is 1. The molecule has 2 aromatic carbocycles. The van der Waals surface area contributed by atoms with Crippen LogP contribution in [0.4, 0.5) is 0 Å². The van der Waals surface area contributed by atoms with Gasteiger partial charge in [0.05, 0.1) is 19.3 Å². The Kier molecular flexibility index (Phi) is 3.67. The third kappa shape index (κ3) is 3.06. The summed E-state index contributed by atoms with van der Waals surface area (Å²) >= 11 is 0. The molecule has 1 saturated heterocycles. The third-order valence-corrected chi connectivity index (χ3v) is 3.38. The summed E-state index contributed by atoms with van der Waals surface area (Å²) in [5, 5.41) is 5.92. The van der Waals surface area contributed by atoms with Crippen LogP contribution >= 0.6 is 0 Å². The van der Waals surface area contributed by atoms with Gasteiger partial charge in [0.2, 0.25) is 0 Å². The summed E-state index contributed by atoms with van der Waals surface area (Å²) in [6, 6.07) is 15.2. The minimum absolute atomic E-state index is 0.273. The monoisotopic (exact) mass is 257 g/mol. The molecule has 3 rings (SSSR count). The molecular formula is C16H19NO2. The number of ether oxygens (including phenoxy) is 2. The third-order valence-electron chi connectivity index (χ3n) is 3.38. The van der Waals surface area contributed by atoms with Crippen LogP contribution in [0.1, 0.15) is 6.92 Å². The van der Waals surface area contributed by atoms with E-state index in [0.29, 0.717) is 12.6 Å². The molecule has 2 unspecified atom stereocenters. The van der Waals surface area contributed by atoms with Gasteiger partial charge < -0.3 is 14.8 Å². The van der Waals surface area contributed by atoms with Gasteiger partial charge in [-0.3, -0.25) is 0 Å². The number of rotatable bonds is 3. The zero-order valence-electron chi connectivity index (χ0n) is 11.1. The van der Waals surface area contributed by atoms with E-state index in [9.17, 15) is 0 Å². The highest BCUT2D eigenvalue weighted by atomic mass is 16.5. The van der Waals surface area contributed by atoms with Crippen LogP contribution in [0, 0.1) is 0 Å². The first-order valence-electron chi connectivity index (χ1n) is 6.76. The Morgan fingerprint density at radius 1 is 1.16 bits per heavy atom. The number of benzene rings is 2. The van der Waals surface area contributed by atoms with Crippen LogP contribution in [0.25, 0.3) is 10.8 Å². The summed E-state index contributed by atoms with van der Waals surface area (Å²) in [6.07, 6.45) is 0. The molecule has 1 fully saturated rings. The van der Waals surface area contributed by atoms with Gasteiger partial charge in [0.15, 0.2) is 0 Å². The molecule has 0 bridgehead atoms. The summed E-state index contributed by atoms with van der Waals surface area (Å²) < 4.78 is 11.4. The molecule has 0 saturated carbocycles. The van der Waals surface area contributed by atoms with Gasteiger partial charge >= 0.3 is 0 Å². The molecule has 0 amide bonds. The second-order valence-electron chi connectivity index (χ2n) is 5.12. The second kappa shape index (κ2) is 5.59. The largest absolute Gasteiger partial charge is 0.492 e. The Balaban J connectivity index is 1.64. The van der Waals surface area contributed by atoms with Crippen LogP contribution < -0.4 is 10.1 Å². The summed E-state index contributed by atoms with van der Waals surface area (Å²) in [5.74, 6) is 0.915. The van der Waals surface area contributed by atoms with Gasteiger partial charge in [-0.15, -0.1) is 0 Å². The minimum atomic E-state index is 0.273. The summed E-state index contributed by atoms with van der Waals surface area (Å²) in [6.45, 7) is 4.27. The van der Waals surface area contributed by atoms with Crippen molar-refractivity contribution in [2.75, 3.05) is 19.8 Å². The van der Waals surface area contributed by atoms with E-state index in [4.69, 9.17) is 9.47 Å². The van der Waals surface area contributed by atoms with Gasteiger partial charge in [0, 0.05) is 6.04 Å². The number of morpholine rings is 1. The maximum Gasteiger partial charge on any atom is 0.120 e. The van der Waals surface area contributed by atoms with Crippen molar-refractivity contribution in [3.8, 4) is 5.75 Å². The lowest BCUT2D eigenvalue weighted by Crippen LogP contribution is -2.50. The van der Waals surface area contributed by atoms with Crippen LogP contribution in [-0.2, 0) is 4.74 Å². The zero-order valence-corrected chi connectivity index (χ0v) is 11.1. The lowest BCUT2D eigenvalue weighted by atomic mass is 10.1. The predicted molar refractivity (Wildman–Crippen MR) is 76.6 cm³/mol. The standard InChI is InChI=1S/C16H19NO2/c1-12-9-18-10-15(17-12)11-19-16-7-6-13-4-2-3-5-14(13)8-16/h2-8,12,15,17H,9-11H2,1H3. The fraction of sp³-hybridized carbons (Fsp3) is 0.375. The van der Waals surface area contributed by atoms with Crippen LogP contribution in [0.5, 0.6) is 5.75 Å². The summed E-state index contributed by atoms with van der Waals surface area (Å²) in [7, 11) is 0. The van der Waals surface area contributed by atoms with Gasteiger partial charge in [-0.1, -0.05) is 30.3 Å². The van der Waals surface area contributed by atoms with E-state index in [1.54, 1.807) is 0 Å². The van der Waals surface area contributed by atoms with Gasteiger partial charge in [0.25, 0.3) is 0 Å². The smallest absolute Gasteiger partial charge is 0.120 e. The molecule has 2 atom stereocenters. The fourth-order valence-electron chi connectivity index (χ4n) is 2.44. The van der Waals surface area contributed by atoms with Crippen LogP contribution in [0.15, 0.2) is 42.5 Å². The van der Waals surface area contributed by atoms with Gasteiger partial charge in [-0.2, -0.15) is 0 Å². The predicted octanol–water partition coefficient (Wildman–Crippen LogP) is 2.60. The van der Waals surface area contributed by atoms with Crippen molar-refractivity contribution in [1.82, 2.24) is 5.32 Å². The minimum Gasteiger partial charge on any atom is -0.492 e. The highest BCUT2D eigenvalue weighted by molar-refractivity contribution is 5.83. The summed E-state index contributed by atoms with van der Waals surface area (Å²) in [4.78, 5) is 0. The SMILES string of the molecule is CC1COCC(COc2ccc3ccccc3c2)N1.